The predicted molar refractivity (Wildman–Crippen MR) is 60.8 cm³/mol. The molecule has 5 nitrogen and oxygen atoms in total. The highest BCUT2D eigenvalue weighted by atomic mass is 35.5. The molecule has 1 aromatic heterocycles. The van der Waals surface area contributed by atoms with E-state index < -0.39 is 0 Å². The van der Waals surface area contributed by atoms with Gasteiger partial charge in [-0.1, -0.05) is 23.2 Å². The normalized spacial score (nSPS) is 10.1. The number of amides is 1. The van der Waals surface area contributed by atoms with Crippen LogP contribution in [-0.2, 0) is 0 Å². The number of rotatable bonds is 2. The summed E-state index contributed by atoms with van der Waals surface area (Å²) in [4.78, 5) is 11.7. The summed E-state index contributed by atoms with van der Waals surface area (Å²) < 4.78 is 0. The fourth-order valence-corrected chi connectivity index (χ4v) is 1.61. The highest BCUT2D eigenvalue weighted by Crippen LogP contribution is 2.21. The number of H-pyrrole nitrogens is 1. The lowest BCUT2D eigenvalue weighted by atomic mass is 10.2. The second-order valence-electron chi connectivity index (χ2n) is 2.93. The van der Waals surface area contributed by atoms with Gasteiger partial charge in [0.05, 0.1) is 16.8 Å². The molecule has 16 heavy (non-hydrogen) atoms. The topological polar surface area (TPSA) is 70.7 Å². The molecular weight excluding hydrogens is 251 g/mol. The molecule has 1 heterocycles. The summed E-state index contributed by atoms with van der Waals surface area (Å²) in [5.41, 5.74) is 0.328. The molecule has 0 spiro atoms. The first-order valence-electron chi connectivity index (χ1n) is 4.29. The van der Waals surface area contributed by atoms with E-state index in [-0.39, 0.29) is 10.9 Å². The molecule has 2 aromatic rings. The van der Waals surface area contributed by atoms with Crippen LogP contribution in [0.2, 0.25) is 10.0 Å². The zero-order valence-corrected chi connectivity index (χ0v) is 9.38. The van der Waals surface area contributed by atoms with E-state index in [0.717, 1.165) is 0 Å². The number of carbonyl (C=O) groups is 1. The molecule has 7 heteroatoms. The summed E-state index contributed by atoms with van der Waals surface area (Å²) in [6.07, 6.45) is 1.39. The first-order valence-corrected chi connectivity index (χ1v) is 5.04. The Kier molecular flexibility index (Phi) is 3.07. The SMILES string of the molecule is O=C(Nc1cn[nH]n1)c1ccc(Cl)cc1Cl. The standard InChI is InChI=1S/C9H6Cl2N4O/c10-5-1-2-6(7(11)3-5)9(16)13-8-4-12-15-14-8/h1-4H,(H2,12,13,14,15,16). The smallest absolute Gasteiger partial charge is 0.258 e. The molecule has 0 saturated carbocycles. The van der Waals surface area contributed by atoms with Crippen molar-refractivity contribution in [1.82, 2.24) is 15.4 Å². The van der Waals surface area contributed by atoms with Gasteiger partial charge in [0.15, 0.2) is 5.82 Å². The fourth-order valence-electron chi connectivity index (χ4n) is 1.12. The van der Waals surface area contributed by atoms with E-state index in [1.54, 1.807) is 12.1 Å². The third-order valence-electron chi connectivity index (χ3n) is 1.83. The number of halogens is 2. The van der Waals surface area contributed by atoms with Crippen molar-refractivity contribution in [2.45, 2.75) is 0 Å². The van der Waals surface area contributed by atoms with Crippen molar-refractivity contribution in [3.05, 3.63) is 40.0 Å². The van der Waals surface area contributed by atoms with Crippen molar-refractivity contribution < 1.29 is 4.79 Å². The van der Waals surface area contributed by atoms with E-state index in [0.29, 0.717) is 16.4 Å². The Balaban J connectivity index is 2.21. The van der Waals surface area contributed by atoms with Gasteiger partial charge in [-0.05, 0) is 18.2 Å². The van der Waals surface area contributed by atoms with Crippen LogP contribution in [0.4, 0.5) is 5.82 Å². The van der Waals surface area contributed by atoms with Gasteiger partial charge >= 0.3 is 0 Å². The summed E-state index contributed by atoms with van der Waals surface area (Å²) in [5, 5.41) is 12.9. The van der Waals surface area contributed by atoms with Crippen molar-refractivity contribution in [3.8, 4) is 0 Å². The Labute approximate surface area is 101 Å². The van der Waals surface area contributed by atoms with Crippen molar-refractivity contribution in [2.75, 3.05) is 5.32 Å². The van der Waals surface area contributed by atoms with E-state index in [1.165, 1.54) is 12.3 Å². The minimum atomic E-state index is -0.365. The Morgan fingerprint density at radius 2 is 2.19 bits per heavy atom. The average molecular weight is 257 g/mol. The Morgan fingerprint density at radius 1 is 1.38 bits per heavy atom. The molecule has 82 valence electrons. The predicted octanol–water partition coefficient (Wildman–Crippen LogP) is 2.36. The van der Waals surface area contributed by atoms with Crippen molar-refractivity contribution >= 4 is 34.9 Å². The highest BCUT2D eigenvalue weighted by Gasteiger charge is 2.11. The maximum absolute atomic E-state index is 11.7. The van der Waals surface area contributed by atoms with Gasteiger partial charge in [0.25, 0.3) is 5.91 Å². The van der Waals surface area contributed by atoms with Gasteiger partial charge in [0.1, 0.15) is 0 Å². The number of anilines is 1. The molecule has 0 aliphatic carbocycles. The van der Waals surface area contributed by atoms with Crippen molar-refractivity contribution in [3.63, 3.8) is 0 Å². The van der Waals surface area contributed by atoms with Crippen LogP contribution >= 0.6 is 23.2 Å². The maximum atomic E-state index is 11.7. The van der Waals surface area contributed by atoms with Crippen LogP contribution in [0.5, 0.6) is 0 Å². The second-order valence-corrected chi connectivity index (χ2v) is 3.78. The number of aromatic amines is 1. The minimum Gasteiger partial charge on any atom is -0.304 e. The molecular formula is C9H6Cl2N4O. The quantitative estimate of drug-likeness (QED) is 0.867. The molecule has 2 rings (SSSR count). The van der Waals surface area contributed by atoms with Crippen LogP contribution < -0.4 is 5.32 Å². The molecule has 0 saturated heterocycles. The fraction of sp³-hybridized carbons (Fsp3) is 0. The van der Waals surface area contributed by atoms with Crippen molar-refractivity contribution in [2.24, 2.45) is 0 Å². The summed E-state index contributed by atoms with van der Waals surface area (Å²) in [6, 6.07) is 4.63. The molecule has 2 N–H and O–H groups in total. The Bertz CT molecular complexity index is 512. The third kappa shape index (κ3) is 2.32. The summed E-state index contributed by atoms with van der Waals surface area (Å²) in [6.45, 7) is 0. The van der Waals surface area contributed by atoms with E-state index in [9.17, 15) is 4.79 Å². The highest BCUT2D eigenvalue weighted by molar-refractivity contribution is 6.37. The molecule has 0 unspecified atom stereocenters. The molecule has 0 aliphatic heterocycles. The molecule has 0 bridgehead atoms. The van der Waals surface area contributed by atoms with E-state index in [2.05, 4.69) is 20.7 Å². The number of benzene rings is 1. The third-order valence-corrected chi connectivity index (χ3v) is 2.38. The second kappa shape index (κ2) is 4.51. The molecule has 1 amide bonds. The number of nitrogens with zero attached hydrogens (tertiary/aromatic N) is 2. The number of aromatic nitrogens is 3. The van der Waals surface area contributed by atoms with Gasteiger partial charge in [0, 0.05) is 5.02 Å². The van der Waals surface area contributed by atoms with Gasteiger partial charge < -0.3 is 5.32 Å². The molecule has 1 aromatic carbocycles. The lowest BCUT2D eigenvalue weighted by molar-refractivity contribution is 0.102. The molecule has 0 radical (unpaired) electrons. The summed E-state index contributed by atoms with van der Waals surface area (Å²) in [5.74, 6) is -0.0356. The first-order chi connectivity index (χ1) is 7.66. The largest absolute Gasteiger partial charge is 0.304 e. The van der Waals surface area contributed by atoms with Gasteiger partial charge in [-0.2, -0.15) is 10.3 Å². The minimum absolute atomic E-state index is 0.286. The first kappa shape index (κ1) is 10.9. The number of hydrogen-bond acceptors (Lipinski definition) is 3. The molecule has 0 atom stereocenters. The van der Waals surface area contributed by atoms with Crippen LogP contribution in [0.1, 0.15) is 10.4 Å². The zero-order chi connectivity index (χ0) is 11.5. The summed E-state index contributed by atoms with van der Waals surface area (Å²) >= 11 is 11.6. The van der Waals surface area contributed by atoms with Crippen molar-refractivity contribution in [1.29, 1.82) is 0 Å². The lowest BCUT2D eigenvalue weighted by Gasteiger charge is -2.03. The van der Waals surface area contributed by atoms with Gasteiger partial charge in [-0.15, -0.1) is 5.10 Å². The van der Waals surface area contributed by atoms with Crippen LogP contribution in [0, 0.1) is 0 Å². The number of hydrogen-bond donors (Lipinski definition) is 2. The Morgan fingerprint density at radius 3 is 2.81 bits per heavy atom. The summed E-state index contributed by atoms with van der Waals surface area (Å²) in [7, 11) is 0. The molecule has 0 fully saturated rings. The van der Waals surface area contributed by atoms with Gasteiger partial charge in [-0.3, -0.25) is 4.79 Å². The van der Waals surface area contributed by atoms with Crippen LogP contribution in [0.25, 0.3) is 0 Å². The van der Waals surface area contributed by atoms with E-state index >= 15 is 0 Å². The average Bonchev–Trinajstić information content (AvgIpc) is 2.70. The zero-order valence-electron chi connectivity index (χ0n) is 7.87. The van der Waals surface area contributed by atoms with Crippen LogP contribution in [0.15, 0.2) is 24.4 Å². The van der Waals surface area contributed by atoms with Gasteiger partial charge in [-0.25, -0.2) is 0 Å². The van der Waals surface area contributed by atoms with E-state index in [4.69, 9.17) is 23.2 Å². The van der Waals surface area contributed by atoms with Gasteiger partial charge in [0.2, 0.25) is 0 Å². The number of nitrogens with one attached hydrogen (secondary N) is 2. The van der Waals surface area contributed by atoms with Crippen LogP contribution in [-0.4, -0.2) is 21.3 Å². The Hall–Kier alpha value is -1.59. The maximum Gasteiger partial charge on any atom is 0.258 e. The monoisotopic (exact) mass is 256 g/mol. The lowest BCUT2D eigenvalue weighted by Crippen LogP contribution is -2.12. The van der Waals surface area contributed by atoms with Crippen LogP contribution in [0.3, 0.4) is 0 Å². The molecule has 0 aliphatic rings. The van der Waals surface area contributed by atoms with E-state index in [1.807, 2.05) is 0 Å². The number of carbonyl (C=O) groups excluding carboxylic acids is 1.